The van der Waals surface area contributed by atoms with Crippen LogP contribution >= 0.6 is 0 Å². The Morgan fingerprint density at radius 3 is 1.01 bits per heavy atom. The van der Waals surface area contributed by atoms with E-state index in [-0.39, 0.29) is 38.6 Å². The van der Waals surface area contributed by atoms with E-state index in [2.05, 4.69) is 135 Å². The van der Waals surface area contributed by atoms with Gasteiger partial charge in [0.2, 0.25) is 0 Å². The molecule has 0 saturated heterocycles. The molecule has 0 N–H and O–H groups in total. The molecule has 9 nitrogen and oxygen atoms in total. The van der Waals surface area contributed by atoms with Gasteiger partial charge >= 0.3 is 11.9 Å². The van der Waals surface area contributed by atoms with E-state index >= 15 is 0 Å². The molecule has 0 radical (unpaired) electrons. The van der Waals surface area contributed by atoms with Crippen molar-refractivity contribution in [1.29, 1.82) is 0 Å². The first-order valence-corrected chi connectivity index (χ1v) is 31.7. The van der Waals surface area contributed by atoms with Gasteiger partial charge in [-0.3, -0.25) is 9.59 Å². The number of carboxylic acid groups (broad SMARTS) is 1. The van der Waals surface area contributed by atoms with Crippen molar-refractivity contribution in [1.82, 2.24) is 0 Å². The second kappa shape index (κ2) is 59.8. The Bertz CT molecular complexity index is 1710. The van der Waals surface area contributed by atoms with Gasteiger partial charge in [-0.15, -0.1) is 0 Å². The Labute approximate surface area is 485 Å². The average Bonchev–Trinajstić information content (AvgIpc) is 3.42. The molecule has 0 aliphatic carbocycles. The predicted octanol–water partition coefficient (Wildman–Crippen LogP) is 17.9. The van der Waals surface area contributed by atoms with E-state index in [1.54, 1.807) is 0 Å². The summed E-state index contributed by atoms with van der Waals surface area (Å²) in [7, 11) is 5.91. The molecular weight excluding hydrogens is 983 g/mol. The fraction of sp³-hybridized carbons (Fsp3) is 0.671. The molecule has 0 saturated carbocycles. The Morgan fingerprint density at radius 2 is 0.684 bits per heavy atom. The fourth-order valence-electron chi connectivity index (χ4n) is 8.41. The molecule has 0 fully saturated rings. The van der Waals surface area contributed by atoms with Crippen molar-refractivity contribution in [2.24, 2.45) is 0 Å². The van der Waals surface area contributed by atoms with Crippen molar-refractivity contribution in [3.63, 3.8) is 0 Å². The molecule has 0 bridgehead atoms. The molecule has 9 heteroatoms. The zero-order valence-electron chi connectivity index (χ0n) is 51.2. The summed E-state index contributed by atoms with van der Waals surface area (Å²) in [5.74, 6) is -2.32. The maximum atomic E-state index is 12.9. The SMILES string of the molecule is CC/C=C\C/C=C\C/C=C\C/C=C\C/C=C\C/C=C\CCCCCCC(=O)OC(COC(=O)CCCCCCCCCCCCCCCCCCCC/C=C\C/C=C\C/C=C\C/C=C\CC)COC(OCC[N+](C)(C)C)C(=O)[O-]. The van der Waals surface area contributed by atoms with Crippen LogP contribution in [0.25, 0.3) is 0 Å². The summed E-state index contributed by atoms with van der Waals surface area (Å²) in [5, 5.41) is 11.8. The van der Waals surface area contributed by atoms with Crippen LogP contribution in [0.5, 0.6) is 0 Å². The number of nitrogens with zero attached hydrogens (tertiary/aromatic N) is 1. The molecule has 0 aliphatic heterocycles. The third-order valence-corrected chi connectivity index (χ3v) is 13.2. The van der Waals surface area contributed by atoms with Crippen LogP contribution in [0.4, 0.5) is 0 Å². The summed E-state index contributed by atoms with van der Waals surface area (Å²) in [6.45, 7) is 4.49. The Hall–Kier alpha value is -4.31. The largest absolute Gasteiger partial charge is 0.545 e. The first kappa shape index (κ1) is 74.7. The lowest BCUT2D eigenvalue weighted by Gasteiger charge is -2.26. The van der Waals surface area contributed by atoms with Gasteiger partial charge in [0, 0.05) is 12.8 Å². The molecule has 0 aliphatic rings. The summed E-state index contributed by atoms with van der Waals surface area (Å²) in [6, 6.07) is 0. The maximum Gasteiger partial charge on any atom is 0.306 e. The van der Waals surface area contributed by atoms with Gasteiger partial charge in [0.05, 0.1) is 40.3 Å². The minimum absolute atomic E-state index is 0.137. The normalized spacial score (nSPS) is 13.6. The number of hydrogen-bond acceptors (Lipinski definition) is 8. The summed E-state index contributed by atoms with van der Waals surface area (Å²) in [5.41, 5.74) is 0. The number of esters is 2. The second-order valence-corrected chi connectivity index (χ2v) is 21.9. The van der Waals surface area contributed by atoms with Gasteiger partial charge in [0.15, 0.2) is 12.4 Å². The van der Waals surface area contributed by atoms with Crippen molar-refractivity contribution >= 4 is 17.9 Å². The number of allylic oxidation sites excluding steroid dienone is 20. The molecule has 0 rings (SSSR count). The third-order valence-electron chi connectivity index (χ3n) is 13.2. The van der Waals surface area contributed by atoms with Gasteiger partial charge in [-0.2, -0.15) is 0 Å². The van der Waals surface area contributed by atoms with E-state index in [4.69, 9.17) is 18.9 Å². The number of carbonyl (C=O) groups is 3. The van der Waals surface area contributed by atoms with E-state index in [0.717, 1.165) is 109 Å². The molecule has 0 amide bonds. The highest BCUT2D eigenvalue weighted by Gasteiger charge is 2.22. The molecule has 0 aromatic carbocycles. The van der Waals surface area contributed by atoms with Crippen LogP contribution in [0.15, 0.2) is 122 Å². The lowest BCUT2D eigenvalue weighted by atomic mass is 10.0. The summed E-state index contributed by atoms with van der Waals surface area (Å²) < 4.78 is 22.7. The fourth-order valence-corrected chi connectivity index (χ4v) is 8.41. The summed E-state index contributed by atoms with van der Waals surface area (Å²) in [4.78, 5) is 37.4. The number of quaternary nitrogens is 1. The molecule has 0 spiro atoms. The predicted molar refractivity (Wildman–Crippen MR) is 333 cm³/mol. The first-order valence-electron chi connectivity index (χ1n) is 31.7. The molecule has 0 aromatic heterocycles. The lowest BCUT2D eigenvalue weighted by Crippen LogP contribution is -2.44. The standard InChI is InChI=1S/C70H117NO8/c1-6-8-10-12-14-16-18-20-22-24-26-28-30-31-32-33-34-35-36-37-39-40-42-44-46-48-50-52-54-56-58-60-67(72)77-64-66(65-78-70(69(74)75)76-63-62-71(3,4)5)79-68(73)61-59-57-55-53-51-49-47-45-43-41-38-29-27-25-23-21-19-17-15-13-11-9-7-2/h8-11,14-17,20-23,26-29,41,43,47,49,66,70H,6-7,12-13,18-19,24-25,30-40,42,44-46,48,50-65H2,1-5H3/b10-8-,11-9-,16-14-,17-15-,22-20-,23-21-,28-26-,29-27-,43-41-,49-47-. The first-order chi connectivity index (χ1) is 38.6. The van der Waals surface area contributed by atoms with E-state index in [1.807, 2.05) is 21.1 Å². The number of hydrogen-bond donors (Lipinski definition) is 0. The molecule has 0 aromatic rings. The monoisotopic (exact) mass is 1100 g/mol. The highest BCUT2D eigenvalue weighted by molar-refractivity contribution is 5.70. The van der Waals surface area contributed by atoms with E-state index in [1.165, 1.54) is 103 Å². The Kier molecular flexibility index (Phi) is 56.5. The minimum Gasteiger partial charge on any atom is -0.545 e. The van der Waals surface area contributed by atoms with E-state index < -0.39 is 24.3 Å². The zero-order valence-corrected chi connectivity index (χ0v) is 51.2. The van der Waals surface area contributed by atoms with Crippen LogP contribution in [-0.4, -0.2) is 82.3 Å². The number of ether oxygens (including phenoxy) is 4. The van der Waals surface area contributed by atoms with Crippen molar-refractivity contribution < 1.29 is 42.9 Å². The second-order valence-electron chi connectivity index (χ2n) is 21.9. The van der Waals surface area contributed by atoms with Crippen LogP contribution in [0.3, 0.4) is 0 Å². The minimum atomic E-state index is -1.64. The number of aliphatic carboxylic acids is 1. The van der Waals surface area contributed by atoms with Gasteiger partial charge in [-0.05, 0) is 103 Å². The molecule has 2 unspecified atom stereocenters. The quantitative estimate of drug-likeness (QED) is 0.0195. The van der Waals surface area contributed by atoms with Crippen LogP contribution < -0.4 is 5.11 Å². The van der Waals surface area contributed by atoms with Crippen LogP contribution in [-0.2, 0) is 33.3 Å². The maximum absolute atomic E-state index is 12.9. The van der Waals surface area contributed by atoms with Crippen LogP contribution in [0.1, 0.15) is 245 Å². The van der Waals surface area contributed by atoms with E-state index in [0.29, 0.717) is 17.4 Å². The number of carboxylic acids is 1. The van der Waals surface area contributed by atoms with Gasteiger partial charge in [-0.25, -0.2) is 0 Å². The van der Waals surface area contributed by atoms with Gasteiger partial charge in [0.25, 0.3) is 0 Å². The van der Waals surface area contributed by atoms with Crippen LogP contribution in [0, 0.1) is 0 Å². The smallest absolute Gasteiger partial charge is 0.306 e. The van der Waals surface area contributed by atoms with Crippen molar-refractivity contribution in [3.8, 4) is 0 Å². The highest BCUT2D eigenvalue weighted by Crippen LogP contribution is 2.16. The molecule has 79 heavy (non-hydrogen) atoms. The average molecular weight is 1100 g/mol. The number of carbonyl (C=O) groups excluding carboxylic acids is 3. The zero-order chi connectivity index (χ0) is 57.6. The Morgan fingerprint density at radius 1 is 0.380 bits per heavy atom. The molecule has 450 valence electrons. The molecule has 0 heterocycles. The van der Waals surface area contributed by atoms with Crippen molar-refractivity contribution in [3.05, 3.63) is 122 Å². The number of unbranched alkanes of at least 4 members (excludes halogenated alkanes) is 22. The molecular formula is C70H117NO8. The topological polar surface area (TPSA) is 111 Å². The van der Waals surface area contributed by atoms with Crippen molar-refractivity contribution in [2.45, 2.75) is 257 Å². The number of rotatable bonds is 57. The number of likely N-dealkylation sites (N-methyl/N-ethyl adjacent to an activating group) is 1. The molecule has 2 atom stereocenters. The lowest BCUT2D eigenvalue weighted by molar-refractivity contribution is -0.870. The Balaban J connectivity index is 4.20. The van der Waals surface area contributed by atoms with Gasteiger partial charge < -0.3 is 33.3 Å². The van der Waals surface area contributed by atoms with E-state index in [9.17, 15) is 19.5 Å². The van der Waals surface area contributed by atoms with Crippen molar-refractivity contribution in [2.75, 3.05) is 47.5 Å². The summed E-state index contributed by atoms with van der Waals surface area (Å²) >= 11 is 0. The summed E-state index contributed by atoms with van der Waals surface area (Å²) in [6.07, 6.45) is 81.2. The van der Waals surface area contributed by atoms with Crippen LogP contribution in [0.2, 0.25) is 0 Å². The highest BCUT2D eigenvalue weighted by atomic mass is 16.7. The third kappa shape index (κ3) is 61.2. The van der Waals surface area contributed by atoms with Gasteiger partial charge in [-0.1, -0.05) is 251 Å². The van der Waals surface area contributed by atoms with Gasteiger partial charge in [0.1, 0.15) is 13.2 Å².